The minimum Gasteiger partial charge on any atom is -0.293 e. The minimum atomic E-state index is -3.68. The van der Waals surface area contributed by atoms with E-state index in [2.05, 4.69) is 4.72 Å². The zero-order valence-electron chi connectivity index (χ0n) is 8.67. The second-order valence-electron chi connectivity index (χ2n) is 3.16. The van der Waals surface area contributed by atoms with Gasteiger partial charge in [-0.1, -0.05) is 18.2 Å². The van der Waals surface area contributed by atoms with Gasteiger partial charge in [-0.05, 0) is 19.1 Å². The van der Waals surface area contributed by atoms with Gasteiger partial charge in [0.25, 0.3) is 5.91 Å². The molecule has 4 N–H and O–H groups in total. The van der Waals surface area contributed by atoms with Crippen molar-refractivity contribution < 1.29 is 13.2 Å². The number of hydrazine groups is 1. The molecule has 7 heteroatoms. The number of sulfonamides is 1. The number of carbonyl (C=O) groups is 1. The lowest BCUT2D eigenvalue weighted by molar-refractivity contribution is -0.122. The first kappa shape index (κ1) is 12.6. The lowest BCUT2D eigenvalue weighted by Crippen LogP contribution is -2.47. The third kappa shape index (κ3) is 3.02. The first-order valence-electron chi connectivity index (χ1n) is 4.55. The smallest absolute Gasteiger partial charge is 0.251 e. The van der Waals surface area contributed by atoms with Gasteiger partial charge in [0.1, 0.15) is 0 Å². The van der Waals surface area contributed by atoms with Crippen LogP contribution >= 0.6 is 0 Å². The molecule has 0 fully saturated rings. The van der Waals surface area contributed by atoms with Crippen molar-refractivity contribution in [3.63, 3.8) is 0 Å². The fourth-order valence-electron chi connectivity index (χ4n) is 1.08. The Balaban J connectivity index is 2.85. The predicted octanol–water partition coefficient (Wildman–Crippen LogP) is -0.657. The van der Waals surface area contributed by atoms with Gasteiger partial charge in [-0.25, -0.2) is 14.3 Å². The van der Waals surface area contributed by atoms with Crippen LogP contribution in [0.5, 0.6) is 0 Å². The molecule has 0 aliphatic rings. The number of nitrogens with two attached hydrogens (primary N) is 1. The van der Waals surface area contributed by atoms with Crippen LogP contribution in [0.1, 0.15) is 6.92 Å². The Bertz CT molecular complexity index is 458. The maximum absolute atomic E-state index is 11.7. The molecule has 1 rings (SSSR count). The van der Waals surface area contributed by atoms with E-state index in [0.29, 0.717) is 0 Å². The van der Waals surface area contributed by atoms with Crippen LogP contribution < -0.4 is 16.0 Å². The maximum Gasteiger partial charge on any atom is 0.251 e. The average Bonchev–Trinajstić information content (AvgIpc) is 2.28. The molecule has 1 atom stereocenters. The van der Waals surface area contributed by atoms with Crippen molar-refractivity contribution in [1.29, 1.82) is 0 Å². The SMILES string of the molecule is CC(NS(=O)(=O)c1ccccc1)C(=O)NN. The van der Waals surface area contributed by atoms with Gasteiger partial charge < -0.3 is 0 Å². The minimum absolute atomic E-state index is 0.103. The van der Waals surface area contributed by atoms with E-state index in [0.717, 1.165) is 0 Å². The van der Waals surface area contributed by atoms with Gasteiger partial charge in [0.2, 0.25) is 10.0 Å². The molecular weight excluding hydrogens is 230 g/mol. The van der Waals surface area contributed by atoms with Crippen LogP contribution in [0.15, 0.2) is 35.2 Å². The molecule has 0 aromatic heterocycles. The monoisotopic (exact) mass is 243 g/mol. The highest BCUT2D eigenvalue weighted by Gasteiger charge is 2.20. The Morgan fingerprint density at radius 2 is 1.88 bits per heavy atom. The molecule has 0 aliphatic heterocycles. The molecule has 88 valence electrons. The molecule has 1 amide bonds. The summed E-state index contributed by atoms with van der Waals surface area (Å²) in [7, 11) is -3.68. The lowest BCUT2D eigenvalue weighted by Gasteiger charge is -2.12. The summed E-state index contributed by atoms with van der Waals surface area (Å²) in [6.45, 7) is 1.41. The molecular formula is C9H13N3O3S. The standard InChI is InChI=1S/C9H13N3O3S/c1-7(9(13)11-10)12-16(14,15)8-5-3-2-4-6-8/h2-7,12H,10H2,1H3,(H,11,13). The summed E-state index contributed by atoms with van der Waals surface area (Å²) >= 11 is 0. The summed E-state index contributed by atoms with van der Waals surface area (Å²) < 4.78 is 25.7. The van der Waals surface area contributed by atoms with Crippen LogP contribution in [0.4, 0.5) is 0 Å². The van der Waals surface area contributed by atoms with Crippen molar-refractivity contribution in [1.82, 2.24) is 10.1 Å². The number of rotatable bonds is 4. The van der Waals surface area contributed by atoms with Crippen molar-refractivity contribution in [2.75, 3.05) is 0 Å². The van der Waals surface area contributed by atoms with Crippen LogP contribution in [0, 0.1) is 0 Å². The highest BCUT2D eigenvalue weighted by atomic mass is 32.2. The van der Waals surface area contributed by atoms with E-state index >= 15 is 0 Å². The van der Waals surface area contributed by atoms with Gasteiger partial charge in [0, 0.05) is 0 Å². The van der Waals surface area contributed by atoms with Crippen molar-refractivity contribution in [2.24, 2.45) is 5.84 Å². The molecule has 0 aliphatic carbocycles. The second-order valence-corrected chi connectivity index (χ2v) is 4.88. The summed E-state index contributed by atoms with van der Waals surface area (Å²) in [4.78, 5) is 11.2. The van der Waals surface area contributed by atoms with Crippen LogP contribution in [0.2, 0.25) is 0 Å². The van der Waals surface area contributed by atoms with E-state index in [9.17, 15) is 13.2 Å². The first-order chi connectivity index (χ1) is 7.47. The zero-order chi connectivity index (χ0) is 12.2. The van der Waals surface area contributed by atoms with Gasteiger partial charge in [0.05, 0.1) is 10.9 Å². The highest BCUT2D eigenvalue weighted by Crippen LogP contribution is 2.07. The average molecular weight is 243 g/mol. The van der Waals surface area contributed by atoms with E-state index in [4.69, 9.17) is 5.84 Å². The van der Waals surface area contributed by atoms with Crippen LogP contribution in [0.3, 0.4) is 0 Å². The number of hydrogen-bond donors (Lipinski definition) is 3. The molecule has 0 bridgehead atoms. The molecule has 1 aromatic rings. The second kappa shape index (κ2) is 5.06. The lowest BCUT2D eigenvalue weighted by atomic mass is 10.3. The molecule has 16 heavy (non-hydrogen) atoms. The van der Waals surface area contributed by atoms with Crippen LogP contribution in [-0.4, -0.2) is 20.4 Å². The predicted molar refractivity (Wildman–Crippen MR) is 58.6 cm³/mol. The summed E-state index contributed by atoms with van der Waals surface area (Å²) in [6.07, 6.45) is 0. The fourth-order valence-corrected chi connectivity index (χ4v) is 2.30. The molecule has 6 nitrogen and oxygen atoms in total. The first-order valence-corrected chi connectivity index (χ1v) is 6.03. The molecule has 1 aromatic carbocycles. The van der Waals surface area contributed by atoms with Gasteiger partial charge in [-0.15, -0.1) is 0 Å². The quantitative estimate of drug-likeness (QED) is 0.371. The summed E-state index contributed by atoms with van der Waals surface area (Å²) in [5.74, 6) is 4.30. The number of benzene rings is 1. The van der Waals surface area contributed by atoms with E-state index < -0.39 is 22.0 Å². The molecule has 0 radical (unpaired) electrons. The third-order valence-corrected chi connectivity index (χ3v) is 3.48. The Labute approximate surface area is 93.9 Å². The Hall–Kier alpha value is -1.44. The van der Waals surface area contributed by atoms with Crippen molar-refractivity contribution in [2.45, 2.75) is 17.9 Å². The normalized spacial score (nSPS) is 13.1. The van der Waals surface area contributed by atoms with Gasteiger partial charge in [-0.2, -0.15) is 4.72 Å². The van der Waals surface area contributed by atoms with Crippen molar-refractivity contribution in [3.05, 3.63) is 30.3 Å². The van der Waals surface area contributed by atoms with Gasteiger partial charge in [-0.3, -0.25) is 10.2 Å². The maximum atomic E-state index is 11.7. The number of hydrogen-bond acceptors (Lipinski definition) is 4. The molecule has 1 unspecified atom stereocenters. The van der Waals surface area contributed by atoms with Gasteiger partial charge >= 0.3 is 0 Å². The number of carbonyl (C=O) groups excluding carboxylic acids is 1. The number of nitrogens with one attached hydrogen (secondary N) is 2. The van der Waals surface area contributed by atoms with E-state index in [-0.39, 0.29) is 4.90 Å². The molecule has 0 heterocycles. The fraction of sp³-hybridized carbons (Fsp3) is 0.222. The van der Waals surface area contributed by atoms with Crippen LogP contribution in [0.25, 0.3) is 0 Å². The summed E-state index contributed by atoms with van der Waals surface area (Å²) in [5.41, 5.74) is 1.87. The Kier molecular flexibility index (Phi) is 3.99. The zero-order valence-corrected chi connectivity index (χ0v) is 9.49. The Morgan fingerprint density at radius 3 is 2.38 bits per heavy atom. The topological polar surface area (TPSA) is 101 Å². The van der Waals surface area contributed by atoms with E-state index in [1.54, 1.807) is 18.2 Å². The van der Waals surface area contributed by atoms with Crippen molar-refractivity contribution >= 4 is 15.9 Å². The van der Waals surface area contributed by atoms with E-state index in [1.807, 2.05) is 5.43 Å². The molecule has 0 spiro atoms. The summed E-state index contributed by atoms with van der Waals surface area (Å²) in [5, 5.41) is 0. The van der Waals surface area contributed by atoms with Crippen molar-refractivity contribution in [3.8, 4) is 0 Å². The Morgan fingerprint density at radius 1 is 1.31 bits per heavy atom. The third-order valence-electron chi connectivity index (χ3n) is 1.92. The van der Waals surface area contributed by atoms with Crippen LogP contribution in [-0.2, 0) is 14.8 Å². The summed E-state index contributed by atoms with van der Waals surface area (Å²) in [6, 6.07) is 6.86. The number of amides is 1. The largest absolute Gasteiger partial charge is 0.293 e. The highest BCUT2D eigenvalue weighted by molar-refractivity contribution is 7.89. The van der Waals surface area contributed by atoms with Gasteiger partial charge in [0.15, 0.2) is 0 Å². The molecule has 0 saturated carbocycles. The van der Waals surface area contributed by atoms with E-state index in [1.165, 1.54) is 19.1 Å². The molecule has 0 saturated heterocycles.